The third-order valence-corrected chi connectivity index (χ3v) is 5.63. The highest BCUT2D eigenvalue weighted by Crippen LogP contribution is 2.42. The fourth-order valence-electron chi connectivity index (χ4n) is 3.43. The summed E-state index contributed by atoms with van der Waals surface area (Å²) in [6, 6.07) is 0. The van der Waals surface area contributed by atoms with Crippen LogP contribution in [0.5, 0.6) is 0 Å². The van der Waals surface area contributed by atoms with Gasteiger partial charge in [-0.15, -0.1) is 11.3 Å². The topological polar surface area (TPSA) is 81.9 Å². The molecule has 0 unspecified atom stereocenters. The zero-order chi connectivity index (χ0) is 20.6. The molecule has 2 aromatic rings. The van der Waals surface area contributed by atoms with Crippen LogP contribution in [0.1, 0.15) is 44.2 Å². The highest BCUT2D eigenvalue weighted by Gasteiger charge is 2.41. The number of rotatable bonds is 5. The van der Waals surface area contributed by atoms with Crippen molar-refractivity contribution in [2.45, 2.75) is 40.5 Å². The zero-order valence-corrected chi connectivity index (χ0v) is 18.0. The van der Waals surface area contributed by atoms with Crippen molar-refractivity contribution in [2.24, 2.45) is 0 Å². The number of imidazole rings is 1. The molecule has 1 aliphatic rings. The fraction of sp³-hybridized carbons (Fsp3) is 0.421. The van der Waals surface area contributed by atoms with Gasteiger partial charge < -0.3 is 14.8 Å². The van der Waals surface area contributed by atoms with E-state index in [1.54, 1.807) is 27.7 Å². The second-order valence-electron chi connectivity index (χ2n) is 6.36. The first-order chi connectivity index (χ1) is 13.3. The molecule has 0 saturated carbocycles. The van der Waals surface area contributed by atoms with Crippen LogP contribution in [0.3, 0.4) is 0 Å². The van der Waals surface area contributed by atoms with Gasteiger partial charge in [-0.2, -0.15) is 0 Å². The normalized spacial score (nSPS) is 15.2. The minimum Gasteiger partial charge on any atom is -0.463 e. The lowest BCUT2D eigenvalue weighted by atomic mass is 9.83. The van der Waals surface area contributed by atoms with E-state index in [9.17, 15) is 9.59 Å². The fourth-order valence-corrected chi connectivity index (χ4v) is 4.59. The number of allylic oxidation sites excluding steroid dienone is 2. The van der Waals surface area contributed by atoms with Crippen LogP contribution in [0.15, 0.2) is 28.7 Å². The van der Waals surface area contributed by atoms with Crippen molar-refractivity contribution in [2.75, 3.05) is 13.2 Å². The molecule has 0 bridgehead atoms. The summed E-state index contributed by atoms with van der Waals surface area (Å²) in [7, 11) is 0. The van der Waals surface area contributed by atoms with Crippen molar-refractivity contribution in [3.05, 3.63) is 44.5 Å². The molecular weight excluding hydrogens is 402 g/mol. The standard InChI is InChI=1S/C19H22ClN3O4S/c1-6-26-17(24)12-10(4)21-11(5)13(18(25)27-7-2)14(12)15-16(20)22-19-23(15)8-9(3)28-19/h8,14,21H,6-7H2,1-5H3. The Kier molecular flexibility index (Phi) is 5.81. The second-order valence-corrected chi connectivity index (χ2v) is 7.93. The van der Waals surface area contributed by atoms with E-state index in [-0.39, 0.29) is 18.4 Å². The molecule has 7 nitrogen and oxygen atoms in total. The Hall–Kier alpha value is -2.32. The zero-order valence-electron chi connectivity index (χ0n) is 16.4. The number of carbonyl (C=O) groups excluding carboxylic acids is 2. The molecular formula is C19H22ClN3O4S. The van der Waals surface area contributed by atoms with Gasteiger partial charge in [0.25, 0.3) is 0 Å². The van der Waals surface area contributed by atoms with Gasteiger partial charge in [0.1, 0.15) is 0 Å². The van der Waals surface area contributed by atoms with Crippen LogP contribution in [-0.4, -0.2) is 34.5 Å². The third kappa shape index (κ3) is 3.42. The number of hydrogen-bond donors (Lipinski definition) is 1. The van der Waals surface area contributed by atoms with Gasteiger partial charge in [0.2, 0.25) is 0 Å². The number of nitrogens with zero attached hydrogens (tertiary/aromatic N) is 2. The Labute approximate surface area is 172 Å². The van der Waals surface area contributed by atoms with Crippen molar-refractivity contribution in [3.63, 3.8) is 0 Å². The number of aromatic nitrogens is 2. The highest BCUT2D eigenvalue weighted by atomic mass is 35.5. The smallest absolute Gasteiger partial charge is 0.336 e. The largest absolute Gasteiger partial charge is 0.463 e. The van der Waals surface area contributed by atoms with E-state index in [4.69, 9.17) is 21.1 Å². The summed E-state index contributed by atoms with van der Waals surface area (Å²) >= 11 is 7.97. The van der Waals surface area contributed by atoms with Crippen molar-refractivity contribution < 1.29 is 19.1 Å². The number of dihydropyridines is 1. The van der Waals surface area contributed by atoms with Crippen LogP contribution in [0.25, 0.3) is 4.96 Å². The molecule has 150 valence electrons. The van der Waals surface area contributed by atoms with Crippen LogP contribution in [0.4, 0.5) is 0 Å². The lowest BCUT2D eigenvalue weighted by Gasteiger charge is -2.30. The number of thiazole rings is 1. The summed E-state index contributed by atoms with van der Waals surface area (Å²) < 4.78 is 12.4. The van der Waals surface area contributed by atoms with Crippen molar-refractivity contribution in [1.82, 2.24) is 14.7 Å². The van der Waals surface area contributed by atoms with Crippen LogP contribution in [0, 0.1) is 6.92 Å². The van der Waals surface area contributed by atoms with E-state index in [0.29, 0.717) is 33.2 Å². The number of fused-ring (bicyclic) bond motifs is 1. The lowest BCUT2D eigenvalue weighted by Crippen LogP contribution is -2.33. The number of carbonyl (C=O) groups is 2. The maximum atomic E-state index is 12.8. The van der Waals surface area contributed by atoms with Crippen LogP contribution in [-0.2, 0) is 19.1 Å². The average molecular weight is 424 g/mol. The molecule has 2 aromatic heterocycles. The molecule has 0 aromatic carbocycles. The van der Waals surface area contributed by atoms with Crippen molar-refractivity contribution in [1.29, 1.82) is 0 Å². The molecule has 0 amide bonds. The maximum absolute atomic E-state index is 12.8. The predicted molar refractivity (Wildman–Crippen MR) is 107 cm³/mol. The van der Waals surface area contributed by atoms with E-state index in [1.807, 2.05) is 17.5 Å². The molecule has 0 radical (unpaired) electrons. The first kappa shape index (κ1) is 20.4. The number of ether oxygens (including phenoxy) is 2. The Morgan fingerprint density at radius 2 is 1.68 bits per heavy atom. The minimum atomic E-state index is -0.754. The first-order valence-corrected chi connectivity index (χ1v) is 10.2. The van der Waals surface area contributed by atoms with E-state index in [0.717, 1.165) is 4.88 Å². The molecule has 1 aliphatic heterocycles. The second kappa shape index (κ2) is 7.97. The number of hydrogen-bond acceptors (Lipinski definition) is 7. The number of halogens is 1. The number of esters is 2. The summed E-state index contributed by atoms with van der Waals surface area (Å²) in [6.07, 6.45) is 1.90. The van der Waals surface area contributed by atoms with E-state index in [1.165, 1.54) is 11.3 Å². The maximum Gasteiger partial charge on any atom is 0.336 e. The number of nitrogens with one attached hydrogen (secondary N) is 1. The SMILES string of the molecule is CCOC(=O)C1=C(C)NC(C)=C(C(=O)OCC)C1c1c(Cl)nc2sc(C)cn12. The molecule has 0 spiro atoms. The Morgan fingerprint density at radius 1 is 1.14 bits per heavy atom. The molecule has 1 N–H and O–H groups in total. The van der Waals surface area contributed by atoms with E-state index < -0.39 is 17.9 Å². The summed E-state index contributed by atoms with van der Waals surface area (Å²) in [5.41, 5.74) is 2.40. The van der Waals surface area contributed by atoms with E-state index in [2.05, 4.69) is 10.3 Å². The summed E-state index contributed by atoms with van der Waals surface area (Å²) in [5.74, 6) is -1.77. The Bertz CT molecular complexity index is 978. The summed E-state index contributed by atoms with van der Waals surface area (Å²) in [5, 5.41) is 3.35. The molecule has 3 heterocycles. The molecule has 28 heavy (non-hydrogen) atoms. The first-order valence-electron chi connectivity index (χ1n) is 8.96. The van der Waals surface area contributed by atoms with Gasteiger partial charge in [-0.3, -0.25) is 4.40 Å². The van der Waals surface area contributed by atoms with Crippen LogP contribution in [0.2, 0.25) is 5.15 Å². The van der Waals surface area contributed by atoms with Gasteiger partial charge in [-0.25, -0.2) is 14.6 Å². The van der Waals surface area contributed by atoms with Crippen molar-refractivity contribution >= 4 is 39.8 Å². The van der Waals surface area contributed by atoms with Gasteiger partial charge in [0.15, 0.2) is 10.1 Å². The van der Waals surface area contributed by atoms with Gasteiger partial charge in [-0.05, 0) is 34.6 Å². The highest BCUT2D eigenvalue weighted by molar-refractivity contribution is 7.17. The molecule has 0 atom stereocenters. The average Bonchev–Trinajstić information content (AvgIpc) is 3.08. The Morgan fingerprint density at radius 3 is 2.18 bits per heavy atom. The molecule has 9 heteroatoms. The van der Waals surface area contributed by atoms with Gasteiger partial charge >= 0.3 is 11.9 Å². The number of aryl methyl sites for hydroxylation is 1. The third-order valence-electron chi connectivity index (χ3n) is 4.46. The monoisotopic (exact) mass is 423 g/mol. The molecule has 0 saturated heterocycles. The summed E-state index contributed by atoms with van der Waals surface area (Å²) in [6.45, 7) is 9.41. The lowest BCUT2D eigenvalue weighted by molar-refractivity contribution is -0.139. The minimum absolute atomic E-state index is 0.215. The van der Waals surface area contributed by atoms with Crippen LogP contribution < -0.4 is 5.32 Å². The summed E-state index contributed by atoms with van der Waals surface area (Å²) in [4.78, 5) is 31.8. The Balaban J connectivity index is 2.29. The van der Waals surface area contributed by atoms with Gasteiger partial charge in [0, 0.05) is 22.5 Å². The predicted octanol–water partition coefficient (Wildman–Crippen LogP) is 3.72. The molecule has 0 aliphatic carbocycles. The van der Waals surface area contributed by atoms with Gasteiger partial charge in [-0.1, -0.05) is 11.6 Å². The van der Waals surface area contributed by atoms with Crippen LogP contribution >= 0.6 is 22.9 Å². The quantitative estimate of drug-likeness (QED) is 0.738. The van der Waals surface area contributed by atoms with Crippen molar-refractivity contribution in [3.8, 4) is 0 Å². The molecule has 0 fully saturated rings. The molecule has 3 rings (SSSR count). The van der Waals surface area contributed by atoms with E-state index >= 15 is 0 Å². The van der Waals surface area contributed by atoms with Gasteiger partial charge in [0.05, 0.1) is 36.0 Å².